The van der Waals surface area contributed by atoms with E-state index in [9.17, 15) is 0 Å². The minimum atomic E-state index is 0.913. The maximum Gasteiger partial charge on any atom is 0.287 e. The molecule has 0 fully saturated rings. The van der Waals surface area contributed by atoms with E-state index in [0.717, 1.165) is 158 Å². The van der Waals surface area contributed by atoms with Gasteiger partial charge in [0, 0.05) is 94.3 Å². The molecular formula is C102H94N26+8. The Balaban J connectivity index is 0.000000103. The summed E-state index contributed by atoms with van der Waals surface area (Å²) in [4.78, 5) is 78.4. The topological polar surface area (TPSA) is 263 Å². The smallest absolute Gasteiger partial charge is 0.264 e. The molecule has 24 aromatic rings. The third-order valence-corrected chi connectivity index (χ3v) is 24.1. The molecule has 128 heavy (non-hydrogen) atoms. The maximum absolute atomic E-state index is 4.50. The number of para-hydroxylation sites is 1. The van der Waals surface area contributed by atoms with Crippen molar-refractivity contribution >= 4 is 174 Å². The molecule has 0 saturated heterocycles. The third kappa shape index (κ3) is 16.5. The molecule has 0 aliphatic rings. The second-order valence-electron chi connectivity index (χ2n) is 31.6. The Morgan fingerprint density at radius 1 is 0.164 bits per heavy atom. The summed E-state index contributed by atoms with van der Waals surface area (Å²) in [5, 5.41) is 20.4. The first kappa shape index (κ1) is 83.9. The molecule has 624 valence electrons. The number of benzene rings is 8. The van der Waals surface area contributed by atoms with E-state index in [4.69, 9.17) is 0 Å². The van der Waals surface area contributed by atoms with Crippen molar-refractivity contribution in [3.63, 3.8) is 0 Å². The number of pyridine rings is 6. The van der Waals surface area contributed by atoms with E-state index >= 15 is 0 Å². The van der Waals surface area contributed by atoms with Crippen LogP contribution >= 0.6 is 0 Å². The molecule has 0 aliphatic heterocycles. The highest BCUT2D eigenvalue weighted by Gasteiger charge is 2.21. The lowest BCUT2D eigenvalue weighted by molar-refractivity contribution is -0.679. The molecule has 0 amide bonds. The van der Waals surface area contributed by atoms with Crippen molar-refractivity contribution in [2.75, 3.05) is 0 Å². The Morgan fingerprint density at radius 2 is 0.516 bits per heavy atom. The fraction of sp³-hybridized carbons (Fsp3) is 0.157. The van der Waals surface area contributed by atoms with Gasteiger partial charge >= 0.3 is 0 Å². The van der Waals surface area contributed by atoms with Crippen LogP contribution in [0, 0.1) is 55.4 Å². The molecule has 16 aromatic heterocycles. The number of hydrogen-bond acceptors (Lipinski definition) is 18. The van der Waals surface area contributed by atoms with Gasteiger partial charge in [-0.3, -0.25) is 24.9 Å². The zero-order valence-electron chi connectivity index (χ0n) is 74.2. The summed E-state index contributed by atoms with van der Waals surface area (Å²) >= 11 is 0. The molecule has 0 N–H and O–H groups in total. The quantitative estimate of drug-likeness (QED) is 0.101. The molecule has 0 atom stereocenters. The summed E-state index contributed by atoms with van der Waals surface area (Å²) in [6, 6.07) is 53.3. The molecule has 8 aromatic carbocycles. The lowest BCUT2D eigenvalue weighted by Crippen LogP contribution is -2.32. The molecule has 16 heterocycles. The van der Waals surface area contributed by atoms with Crippen LogP contribution in [0.15, 0.2) is 283 Å². The lowest BCUT2D eigenvalue weighted by atomic mass is 10.1. The van der Waals surface area contributed by atoms with Gasteiger partial charge in [-0.25, -0.2) is 61.5 Å². The van der Waals surface area contributed by atoms with Gasteiger partial charge in [0.25, 0.3) is 50.6 Å². The minimum Gasteiger partial charge on any atom is -0.264 e. The highest BCUT2D eigenvalue weighted by molar-refractivity contribution is 6.09. The predicted octanol–water partition coefficient (Wildman–Crippen LogP) is 14.1. The Bertz CT molecular complexity index is 6990. The Morgan fingerprint density at radius 3 is 1.11 bits per heavy atom. The summed E-state index contributed by atoms with van der Waals surface area (Å²) in [6.07, 6.45) is 36.3. The van der Waals surface area contributed by atoms with Crippen LogP contribution in [0.3, 0.4) is 0 Å². The van der Waals surface area contributed by atoms with Gasteiger partial charge in [0.15, 0.2) is 33.1 Å². The molecule has 26 nitrogen and oxygen atoms in total. The Labute approximate surface area is 736 Å². The van der Waals surface area contributed by atoms with E-state index in [1.807, 2.05) is 278 Å². The van der Waals surface area contributed by atoms with Gasteiger partial charge in [0.2, 0.25) is 16.6 Å². The second-order valence-corrected chi connectivity index (χ2v) is 31.6. The maximum atomic E-state index is 4.50. The van der Waals surface area contributed by atoms with E-state index in [2.05, 4.69) is 230 Å². The lowest BCUT2D eigenvalue weighted by Gasteiger charge is -2.02. The molecule has 0 saturated carbocycles. The van der Waals surface area contributed by atoms with Crippen molar-refractivity contribution < 1.29 is 36.5 Å². The van der Waals surface area contributed by atoms with E-state index < -0.39 is 0 Å². The van der Waals surface area contributed by atoms with Crippen molar-refractivity contribution in [3.05, 3.63) is 329 Å². The van der Waals surface area contributed by atoms with Gasteiger partial charge in [-0.05, 0) is 198 Å². The number of fused-ring (bicyclic) bond motifs is 24. The fourth-order valence-electron chi connectivity index (χ4n) is 15.6. The van der Waals surface area contributed by atoms with Crippen LogP contribution in [0.5, 0.6) is 0 Å². The summed E-state index contributed by atoms with van der Waals surface area (Å²) in [5.41, 5.74) is 23.4. The van der Waals surface area contributed by atoms with Crippen LogP contribution in [0.2, 0.25) is 0 Å². The molecule has 0 unspecified atom stereocenters. The summed E-state index contributed by atoms with van der Waals surface area (Å²) in [7, 11) is 16.0. The zero-order chi connectivity index (χ0) is 89.0. The first-order valence-electron chi connectivity index (χ1n) is 41.7. The van der Waals surface area contributed by atoms with E-state index in [-0.39, 0.29) is 0 Å². The predicted molar refractivity (Wildman–Crippen MR) is 499 cm³/mol. The molecule has 0 spiro atoms. The van der Waals surface area contributed by atoms with Crippen LogP contribution in [0.4, 0.5) is 0 Å². The van der Waals surface area contributed by atoms with Crippen LogP contribution in [-0.2, 0) is 56.4 Å². The average molecular weight is 1680 g/mol. The third-order valence-electron chi connectivity index (χ3n) is 24.1. The molecule has 0 bridgehead atoms. The minimum absolute atomic E-state index is 0.913. The van der Waals surface area contributed by atoms with Crippen LogP contribution in [0.1, 0.15) is 45.6 Å². The molecule has 24 rings (SSSR count). The van der Waals surface area contributed by atoms with E-state index in [1.165, 1.54) is 61.4 Å². The number of rotatable bonds is 0. The summed E-state index contributed by atoms with van der Waals surface area (Å²) < 4.78 is 16.2. The van der Waals surface area contributed by atoms with Crippen LogP contribution in [0.25, 0.3) is 174 Å². The van der Waals surface area contributed by atoms with Crippen LogP contribution in [-0.4, -0.2) is 89.7 Å². The SMILES string of the molecule is Cc1c2ccc3cccnc3c2nc[n+]1C.Cc1c2ccc3ccncc3c2nc[n+]1C.Cc1c2ccc3cnccc3c2nc[n+]1C.Cc1c2ccc3cncnc3c2nc[n+]1C.Cc1c2ccc3ncccc3c2nc[n+]1C.Cc1c2ccc3ncncc3c2nc[n+]1C.Cc1c2cnc3ccccc3c2nc[n+]1C.Cc1c2ncc3ccccc3c2nc[n+]1C. The zero-order valence-corrected chi connectivity index (χ0v) is 74.2. The molecule has 0 aliphatic carbocycles. The Hall–Kier alpha value is -16.4. The molecule has 26 heteroatoms. The highest BCUT2D eigenvalue weighted by Crippen LogP contribution is 2.30. The normalized spacial score (nSPS) is 11.1. The van der Waals surface area contributed by atoms with Gasteiger partial charge < -0.3 is 0 Å². The molecular weight excluding hydrogens is 1590 g/mol. The number of nitrogens with zero attached hydrogens (tertiary/aromatic N) is 26. The van der Waals surface area contributed by atoms with Gasteiger partial charge in [-0.2, -0.15) is 0 Å². The largest absolute Gasteiger partial charge is 0.287 e. The van der Waals surface area contributed by atoms with Gasteiger partial charge in [-0.15, -0.1) is 0 Å². The van der Waals surface area contributed by atoms with Gasteiger partial charge in [0.1, 0.15) is 69.2 Å². The van der Waals surface area contributed by atoms with Crippen molar-refractivity contribution in [1.29, 1.82) is 0 Å². The van der Waals surface area contributed by atoms with Crippen molar-refractivity contribution in [2.24, 2.45) is 56.4 Å². The van der Waals surface area contributed by atoms with Gasteiger partial charge in [0.05, 0.1) is 132 Å². The summed E-state index contributed by atoms with van der Waals surface area (Å²) in [5.74, 6) is 0. The number of hydrogen-bond donors (Lipinski definition) is 0. The number of aryl methyl sites for hydroxylation is 16. The summed E-state index contributed by atoms with van der Waals surface area (Å²) in [6.45, 7) is 16.7. The monoisotopic (exact) mass is 1680 g/mol. The van der Waals surface area contributed by atoms with Gasteiger partial charge in [-0.1, -0.05) is 60.7 Å². The highest BCUT2D eigenvalue weighted by atomic mass is 15.0. The number of aromatic nitrogens is 26. The standard InChI is InChI=1S/6C13H12N3.2C12H11N4/c1-9-11-4-3-10-7-14-6-5-12(10)13(11)15-8-16(9)2;1-9-11-4-3-10-5-6-14-7-12(10)13(11)15-8-16(9)2;1-9-10-5-6-12-11(4-3-7-14-12)13(10)15-8-16(9)2;1-9-11-6-5-10-4-3-7-14-12(10)13(11)15-8-16(9)2;1-9-11-7-14-12-6-4-3-5-10(12)13(11)15-8-16(9)2;1-9-12-13(15-8-16(9)2)11-6-4-3-5-10(11)7-14-12;1-8-9-3-4-11-10(5-13-6-14-11)12(9)15-7-16(8)2;1-8-10-4-3-9-5-13-6-14-11(9)12(10)15-7-16(8)2/h6*3-8H,1-2H3;2*3-7H,1-2H3/q8*+1. The van der Waals surface area contributed by atoms with Crippen molar-refractivity contribution in [3.8, 4) is 0 Å². The van der Waals surface area contributed by atoms with E-state index in [0.29, 0.717) is 0 Å². The van der Waals surface area contributed by atoms with E-state index in [1.54, 1.807) is 12.7 Å². The van der Waals surface area contributed by atoms with Crippen molar-refractivity contribution in [2.45, 2.75) is 55.4 Å². The van der Waals surface area contributed by atoms with Crippen molar-refractivity contribution in [1.82, 2.24) is 89.7 Å². The first-order valence-corrected chi connectivity index (χ1v) is 41.7. The fourth-order valence-corrected chi connectivity index (χ4v) is 15.6. The molecule has 0 radical (unpaired) electrons. The van der Waals surface area contributed by atoms with Crippen LogP contribution < -0.4 is 36.5 Å². The first-order chi connectivity index (χ1) is 62.2. The second kappa shape index (κ2) is 36.2. The Kier molecular flexibility index (Phi) is 23.7. The average Bonchev–Trinajstić information content (AvgIpc) is 0.822.